The lowest BCUT2D eigenvalue weighted by Crippen LogP contribution is -2.11. The summed E-state index contributed by atoms with van der Waals surface area (Å²) in [5.41, 5.74) is 2.00. The Labute approximate surface area is 149 Å². The summed E-state index contributed by atoms with van der Waals surface area (Å²) in [5.74, 6) is 0.545. The number of H-pyrrole nitrogens is 1. The highest BCUT2D eigenvalue weighted by atomic mass is 16.5. The van der Waals surface area contributed by atoms with Crippen molar-refractivity contribution >= 4 is 17.6 Å². The third-order valence-electron chi connectivity index (χ3n) is 3.67. The number of nitrogens with one attached hydrogen (secondary N) is 2. The van der Waals surface area contributed by atoms with Gasteiger partial charge in [-0.05, 0) is 42.5 Å². The predicted octanol–water partition coefficient (Wildman–Crippen LogP) is 2.98. The first-order valence-electron chi connectivity index (χ1n) is 7.80. The molecule has 0 radical (unpaired) electrons. The molecular weight excluding hydrogens is 334 g/mol. The first-order valence-corrected chi connectivity index (χ1v) is 7.80. The van der Waals surface area contributed by atoms with Crippen molar-refractivity contribution in [3.8, 4) is 17.0 Å². The van der Waals surface area contributed by atoms with Gasteiger partial charge < -0.3 is 14.8 Å². The zero-order valence-electron chi connectivity index (χ0n) is 14.3. The van der Waals surface area contributed by atoms with Crippen molar-refractivity contribution in [2.45, 2.75) is 0 Å². The number of hydrogen-bond donors (Lipinski definition) is 2. The topological polar surface area (TPSA) is 93.3 Å². The van der Waals surface area contributed by atoms with E-state index >= 15 is 0 Å². The lowest BCUT2D eigenvalue weighted by atomic mass is 10.1. The molecule has 7 heteroatoms. The fraction of sp³-hybridized carbons (Fsp3) is 0.105. The van der Waals surface area contributed by atoms with E-state index in [1.165, 1.54) is 13.2 Å². The molecule has 0 aliphatic heterocycles. The normalized spacial score (nSPS) is 10.2. The van der Waals surface area contributed by atoms with Crippen LogP contribution in [0.5, 0.6) is 5.75 Å². The third-order valence-corrected chi connectivity index (χ3v) is 3.67. The van der Waals surface area contributed by atoms with Gasteiger partial charge in [0.05, 0.1) is 25.5 Å². The molecule has 0 fully saturated rings. The molecule has 1 heterocycles. The number of aromatic nitrogens is 2. The Balaban J connectivity index is 1.90. The Bertz CT molecular complexity index is 981. The summed E-state index contributed by atoms with van der Waals surface area (Å²) in [6.45, 7) is 0. The van der Waals surface area contributed by atoms with Gasteiger partial charge in [-0.1, -0.05) is 6.07 Å². The second kappa shape index (κ2) is 7.52. The van der Waals surface area contributed by atoms with E-state index in [0.29, 0.717) is 16.9 Å². The highest BCUT2D eigenvalue weighted by molar-refractivity contribution is 5.90. The van der Waals surface area contributed by atoms with Gasteiger partial charge in [-0.2, -0.15) is 0 Å². The van der Waals surface area contributed by atoms with E-state index in [1.54, 1.807) is 43.5 Å². The molecule has 2 N–H and O–H groups in total. The van der Waals surface area contributed by atoms with E-state index in [1.807, 2.05) is 12.1 Å². The molecule has 3 aromatic rings. The van der Waals surface area contributed by atoms with Gasteiger partial charge in [-0.25, -0.2) is 9.78 Å². The number of carbonyl (C=O) groups excluding carboxylic acids is 1. The van der Waals surface area contributed by atoms with Crippen molar-refractivity contribution in [2.24, 2.45) is 0 Å². The van der Waals surface area contributed by atoms with Crippen molar-refractivity contribution in [3.05, 3.63) is 70.5 Å². The maximum Gasteiger partial charge on any atom is 0.337 e. The number of aromatic amines is 1. The Morgan fingerprint density at radius 3 is 2.54 bits per heavy atom. The van der Waals surface area contributed by atoms with Crippen molar-refractivity contribution in [2.75, 3.05) is 19.5 Å². The standard InChI is InChI=1S/C19H17N3O4/c1-25-15-8-6-12(7-9-15)16-11-17(23)22-19(21-16)20-14-5-3-4-13(10-14)18(24)26-2/h3-11H,1-2H3,(H2,20,21,22,23). The lowest BCUT2D eigenvalue weighted by molar-refractivity contribution is 0.0601. The summed E-state index contributed by atoms with van der Waals surface area (Å²) in [6.07, 6.45) is 0. The molecule has 26 heavy (non-hydrogen) atoms. The third kappa shape index (κ3) is 3.89. The molecule has 2 aromatic carbocycles. The number of hydrogen-bond acceptors (Lipinski definition) is 6. The first-order chi connectivity index (χ1) is 12.6. The summed E-state index contributed by atoms with van der Waals surface area (Å²) in [4.78, 5) is 30.7. The first kappa shape index (κ1) is 17.2. The van der Waals surface area contributed by atoms with Crippen LogP contribution in [0.25, 0.3) is 11.3 Å². The van der Waals surface area contributed by atoms with Gasteiger partial charge in [0.15, 0.2) is 0 Å². The van der Waals surface area contributed by atoms with Crippen molar-refractivity contribution in [1.82, 2.24) is 9.97 Å². The molecule has 1 aromatic heterocycles. The van der Waals surface area contributed by atoms with E-state index in [9.17, 15) is 9.59 Å². The number of esters is 1. The van der Waals surface area contributed by atoms with E-state index in [2.05, 4.69) is 15.3 Å². The quantitative estimate of drug-likeness (QED) is 0.687. The van der Waals surface area contributed by atoms with Crippen LogP contribution in [0, 0.1) is 0 Å². The minimum atomic E-state index is -0.443. The summed E-state index contributed by atoms with van der Waals surface area (Å²) in [5, 5.41) is 3.00. The molecular formula is C19H17N3O4. The largest absolute Gasteiger partial charge is 0.497 e. The van der Waals surface area contributed by atoms with E-state index in [-0.39, 0.29) is 11.5 Å². The molecule has 0 atom stereocenters. The molecule has 0 bridgehead atoms. The zero-order chi connectivity index (χ0) is 18.5. The number of carbonyl (C=O) groups is 1. The molecule has 0 aliphatic rings. The van der Waals surface area contributed by atoms with Crippen LogP contribution in [-0.4, -0.2) is 30.2 Å². The number of benzene rings is 2. The number of ether oxygens (including phenoxy) is 2. The average Bonchev–Trinajstić information content (AvgIpc) is 2.67. The molecule has 0 aliphatic carbocycles. The molecule has 0 amide bonds. The predicted molar refractivity (Wildman–Crippen MR) is 97.9 cm³/mol. The van der Waals surface area contributed by atoms with Gasteiger partial charge in [0, 0.05) is 17.3 Å². The van der Waals surface area contributed by atoms with Gasteiger partial charge in [0.1, 0.15) is 5.75 Å². The van der Waals surface area contributed by atoms with Crippen LogP contribution >= 0.6 is 0 Å². The lowest BCUT2D eigenvalue weighted by Gasteiger charge is -2.09. The van der Waals surface area contributed by atoms with E-state index < -0.39 is 5.97 Å². The van der Waals surface area contributed by atoms with E-state index in [4.69, 9.17) is 9.47 Å². The fourth-order valence-corrected chi connectivity index (χ4v) is 2.40. The van der Waals surface area contributed by atoms with Crippen molar-refractivity contribution in [1.29, 1.82) is 0 Å². The summed E-state index contributed by atoms with van der Waals surface area (Å²) in [6, 6.07) is 15.4. The van der Waals surface area contributed by atoms with Gasteiger partial charge in [0.2, 0.25) is 5.95 Å². The Morgan fingerprint density at radius 1 is 1.08 bits per heavy atom. The number of rotatable bonds is 5. The van der Waals surface area contributed by atoms with Crippen LogP contribution in [0.3, 0.4) is 0 Å². The molecule has 0 unspecified atom stereocenters. The summed E-state index contributed by atoms with van der Waals surface area (Å²) in [7, 11) is 2.91. The fourth-order valence-electron chi connectivity index (χ4n) is 2.40. The Hall–Kier alpha value is -3.61. The minimum absolute atomic E-state index is 0.269. The van der Waals surface area contributed by atoms with E-state index in [0.717, 1.165) is 11.3 Å². The van der Waals surface area contributed by atoms with Crippen LogP contribution < -0.4 is 15.6 Å². The maximum absolute atomic E-state index is 12.0. The van der Waals surface area contributed by atoms with Crippen molar-refractivity contribution in [3.63, 3.8) is 0 Å². The molecule has 132 valence electrons. The van der Waals surface area contributed by atoms with Gasteiger partial charge >= 0.3 is 5.97 Å². The number of anilines is 2. The van der Waals surface area contributed by atoms with Gasteiger partial charge in [0.25, 0.3) is 5.56 Å². The molecule has 0 saturated heterocycles. The van der Waals surface area contributed by atoms with Crippen LogP contribution in [-0.2, 0) is 4.74 Å². The number of methoxy groups -OCH3 is 2. The molecule has 0 saturated carbocycles. The SMILES string of the molecule is COC(=O)c1cccc(Nc2nc(-c3ccc(OC)cc3)cc(=O)[nH]2)c1. The van der Waals surface area contributed by atoms with Crippen molar-refractivity contribution < 1.29 is 14.3 Å². The smallest absolute Gasteiger partial charge is 0.337 e. The average molecular weight is 351 g/mol. The van der Waals surface area contributed by atoms with Gasteiger partial charge in [-0.3, -0.25) is 9.78 Å². The van der Waals surface area contributed by atoms with Crippen LogP contribution in [0.2, 0.25) is 0 Å². The molecule has 0 spiro atoms. The van der Waals surface area contributed by atoms with Crippen LogP contribution in [0.15, 0.2) is 59.4 Å². The van der Waals surface area contributed by atoms with Crippen LogP contribution in [0.1, 0.15) is 10.4 Å². The highest BCUT2D eigenvalue weighted by Crippen LogP contribution is 2.21. The Morgan fingerprint density at radius 2 is 1.85 bits per heavy atom. The molecule has 7 nitrogen and oxygen atoms in total. The monoisotopic (exact) mass is 351 g/mol. The Kier molecular flexibility index (Phi) is 4.98. The molecule has 3 rings (SSSR count). The summed E-state index contributed by atoms with van der Waals surface area (Å²) < 4.78 is 9.84. The second-order valence-corrected chi connectivity index (χ2v) is 5.41. The summed E-state index contributed by atoms with van der Waals surface area (Å²) >= 11 is 0. The van der Waals surface area contributed by atoms with Gasteiger partial charge in [-0.15, -0.1) is 0 Å². The second-order valence-electron chi connectivity index (χ2n) is 5.41. The van der Waals surface area contributed by atoms with Crippen LogP contribution in [0.4, 0.5) is 11.6 Å². The minimum Gasteiger partial charge on any atom is -0.497 e. The zero-order valence-corrected chi connectivity index (χ0v) is 14.3. The highest BCUT2D eigenvalue weighted by Gasteiger charge is 2.08. The number of nitrogens with zero attached hydrogens (tertiary/aromatic N) is 1. The maximum atomic E-state index is 12.0.